The third kappa shape index (κ3) is 2.66. The molecule has 0 amide bonds. The summed E-state index contributed by atoms with van der Waals surface area (Å²) in [7, 11) is 0. The molecule has 0 saturated carbocycles. The smallest absolute Gasteiger partial charge is 0.181 e. The van der Waals surface area contributed by atoms with Crippen molar-refractivity contribution in [3.8, 4) is 0 Å². The molecule has 5 atom stereocenters. The SMILES string of the molecule is CC(C=O)CC1OC(O)C(O)C1N=[N+]=[N-]. The Balaban J connectivity index is 2.70. The summed E-state index contributed by atoms with van der Waals surface area (Å²) in [4.78, 5) is 13.0. The minimum Gasteiger partial charge on any atom is -0.387 e. The van der Waals surface area contributed by atoms with Crippen molar-refractivity contribution in [1.29, 1.82) is 0 Å². The summed E-state index contributed by atoms with van der Waals surface area (Å²) >= 11 is 0. The van der Waals surface area contributed by atoms with Crippen molar-refractivity contribution in [3.63, 3.8) is 0 Å². The van der Waals surface area contributed by atoms with E-state index in [0.29, 0.717) is 6.42 Å². The normalized spacial score (nSPS) is 37.0. The average Bonchev–Trinajstić information content (AvgIpc) is 2.46. The van der Waals surface area contributed by atoms with E-state index in [1.807, 2.05) is 0 Å². The number of carbonyl (C=O) groups is 1. The quantitative estimate of drug-likeness (QED) is 0.296. The number of carbonyl (C=O) groups excluding carboxylic acids is 1. The summed E-state index contributed by atoms with van der Waals surface area (Å²) in [6.07, 6.45) is -2.16. The van der Waals surface area contributed by atoms with Crippen LogP contribution >= 0.6 is 0 Å². The lowest BCUT2D eigenvalue weighted by molar-refractivity contribution is -0.131. The highest BCUT2D eigenvalue weighted by Gasteiger charge is 2.42. The summed E-state index contributed by atoms with van der Waals surface area (Å²) < 4.78 is 4.99. The molecule has 0 aliphatic carbocycles. The maximum atomic E-state index is 10.4. The van der Waals surface area contributed by atoms with Crippen LogP contribution in [0.1, 0.15) is 13.3 Å². The van der Waals surface area contributed by atoms with E-state index in [2.05, 4.69) is 10.0 Å². The van der Waals surface area contributed by atoms with Crippen molar-refractivity contribution in [2.45, 2.75) is 37.9 Å². The van der Waals surface area contributed by atoms with Crippen LogP contribution in [0.15, 0.2) is 5.11 Å². The summed E-state index contributed by atoms with van der Waals surface area (Å²) in [6, 6.07) is -0.840. The second-order valence-corrected chi connectivity index (χ2v) is 3.60. The van der Waals surface area contributed by atoms with Crippen LogP contribution in [0.25, 0.3) is 10.4 Å². The van der Waals surface area contributed by atoms with Gasteiger partial charge in [0, 0.05) is 10.8 Å². The lowest BCUT2D eigenvalue weighted by atomic mass is 9.99. The van der Waals surface area contributed by atoms with Crippen LogP contribution in [-0.2, 0) is 9.53 Å². The van der Waals surface area contributed by atoms with E-state index in [1.165, 1.54) is 0 Å². The van der Waals surface area contributed by atoms with Gasteiger partial charge in [-0.05, 0) is 12.0 Å². The van der Waals surface area contributed by atoms with Crippen LogP contribution in [0.5, 0.6) is 0 Å². The molecule has 0 aromatic carbocycles. The highest BCUT2D eigenvalue weighted by molar-refractivity contribution is 5.52. The molecule has 7 heteroatoms. The van der Waals surface area contributed by atoms with E-state index in [-0.39, 0.29) is 5.92 Å². The van der Waals surface area contributed by atoms with Gasteiger partial charge in [0.2, 0.25) is 0 Å². The maximum absolute atomic E-state index is 10.4. The number of rotatable bonds is 4. The molecule has 1 aliphatic rings. The Labute approximate surface area is 86.3 Å². The molecule has 0 aromatic rings. The maximum Gasteiger partial charge on any atom is 0.181 e. The zero-order valence-electron chi connectivity index (χ0n) is 8.22. The first-order valence-electron chi connectivity index (χ1n) is 4.61. The first kappa shape index (κ1) is 11.9. The molecule has 0 radical (unpaired) electrons. The molecule has 1 aliphatic heterocycles. The van der Waals surface area contributed by atoms with Crippen molar-refractivity contribution >= 4 is 6.29 Å². The van der Waals surface area contributed by atoms with Gasteiger partial charge in [-0.25, -0.2) is 0 Å². The van der Waals surface area contributed by atoms with E-state index in [0.717, 1.165) is 6.29 Å². The third-order valence-corrected chi connectivity index (χ3v) is 2.36. The predicted octanol–water partition coefficient (Wildman–Crippen LogP) is -0.0315. The number of hydrogen-bond donors (Lipinski definition) is 2. The fourth-order valence-corrected chi connectivity index (χ4v) is 1.55. The number of aliphatic hydroxyl groups is 2. The van der Waals surface area contributed by atoms with Gasteiger partial charge < -0.3 is 19.7 Å². The predicted molar refractivity (Wildman–Crippen MR) is 49.7 cm³/mol. The molecule has 15 heavy (non-hydrogen) atoms. The Morgan fingerprint density at radius 1 is 1.67 bits per heavy atom. The molecule has 5 unspecified atom stereocenters. The molecule has 0 bridgehead atoms. The number of azide groups is 1. The molecule has 84 valence electrons. The van der Waals surface area contributed by atoms with Crippen LogP contribution in [-0.4, -0.2) is 41.0 Å². The van der Waals surface area contributed by atoms with E-state index >= 15 is 0 Å². The molecule has 0 aromatic heterocycles. The van der Waals surface area contributed by atoms with Crippen LogP contribution in [0.3, 0.4) is 0 Å². The van der Waals surface area contributed by atoms with Gasteiger partial charge in [0.25, 0.3) is 0 Å². The lowest BCUT2D eigenvalue weighted by Gasteiger charge is -2.15. The van der Waals surface area contributed by atoms with Crippen LogP contribution in [0.2, 0.25) is 0 Å². The summed E-state index contributed by atoms with van der Waals surface area (Å²) in [5, 5.41) is 22.0. The second kappa shape index (κ2) is 5.09. The standard InChI is InChI=1S/C8H13N3O4/c1-4(3-12)2-5-6(10-11-9)7(13)8(14)15-5/h3-8,13-14H,2H2,1H3. The van der Waals surface area contributed by atoms with Crippen molar-refractivity contribution in [2.24, 2.45) is 11.0 Å². The minimum atomic E-state index is -1.36. The van der Waals surface area contributed by atoms with Gasteiger partial charge in [0.15, 0.2) is 6.29 Å². The molecule has 1 heterocycles. The number of nitrogens with zero attached hydrogens (tertiary/aromatic N) is 3. The Kier molecular flexibility index (Phi) is 4.05. The van der Waals surface area contributed by atoms with E-state index in [9.17, 15) is 15.0 Å². The van der Waals surface area contributed by atoms with E-state index < -0.39 is 24.5 Å². The first-order valence-corrected chi connectivity index (χ1v) is 4.61. The third-order valence-electron chi connectivity index (χ3n) is 2.36. The van der Waals surface area contributed by atoms with Crippen molar-refractivity contribution in [2.75, 3.05) is 0 Å². The van der Waals surface area contributed by atoms with E-state index in [1.54, 1.807) is 6.92 Å². The van der Waals surface area contributed by atoms with Gasteiger partial charge >= 0.3 is 0 Å². The molecule has 2 N–H and O–H groups in total. The molecule has 1 fully saturated rings. The zero-order valence-corrected chi connectivity index (χ0v) is 8.22. The number of hydrogen-bond acceptors (Lipinski definition) is 5. The van der Waals surface area contributed by atoms with Crippen LogP contribution in [0.4, 0.5) is 0 Å². The number of aliphatic hydroxyl groups excluding tert-OH is 2. The molecule has 0 spiro atoms. The van der Waals surface area contributed by atoms with E-state index in [4.69, 9.17) is 10.3 Å². The summed E-state index contributed by atoms with van der Waals surface area (Å²) in [5.41, 5.74) is 8.28. The minimum absolute atomic E-state index is 0.274. The Hall–Kier alpha value is -1.14. The van der Waals surface area contributed by atoms with Crippen LogP contribution < -0.4 is 0 Å². The van der Waals surface area contributed by atoms with Crippen LogP contribution in [0, 0.1) is 5.92 Å². The fourth-order valence-electron chi connectivity index (χ4n) is 1.55. The van der Waals surface area contributed by atoms with Gasteiger partial charge in [-0.15, -0.1) is 0 Å². The zero-order chi connectivity index (χ0) is 11.4. The van der Waals surface area contributed by atoms with Gasteiger partial charge in [0.05, 0.1) is 12.1 Å². The topological polar surface area (TPSA) is 116 Å². The van der Waals surface area contributed by atoms with Crippen molar-refractivity contribution < 1.29 is 19.7 Å². The number of ether oxygens (including phenoxy) is 1. The largest absolute Gasteiger partial charge is 0.387 e. The summed E-state index contributed by atoms with van der Waals surface area (Å²) in [6.45, 7) is 1.68. The molecule has 7 nitrogen and oxygen atoms in total. The molecule has 1 rings (SSSR count). The highest BCUT2D eigenvalue weighted by atomic mass is 16.6. The second-order valence-electron chi connectivity index (χ2n) is 3.60. The molecular formula is C8H13N3O4. The van der Waals surface area contributed by atoms with Gasteiger partial charge in [-0.3, -0.25) is 0 Å². The highest BCUT2D eigenvalue weighted by Crippen LogP contribution is 2.26. The lowest BCUT2D eigenvalue weighted by Crippen LogP contribution is -2.31. The Morgan fingerprint density at radius 3 is 2.87 bits per heavy atom. The number of aldehydes is 1. The van der Waals surface area contributed by atoms with Crippen molar-refractivity contribution in [1.82, 2.24) is 0 Å². The fraction of sp³-hybridized carbons (Fsp3) is 0.875. The van der Waals surface area contributed by atoms with Crippen molar-refractivity contribution in [3.05, 3.63) is 10.4 Å². The first-order chi connectivity index (χ1) is 7.10. The Morgan fingerprint density at radius 2 is 2.33 bits per heavy atom. The van der Waals surface area contributed by atoms with Gasteiger partial charge in [0.1, 0.15) is 12.4 Å². The van der Waals surface area contributed by atoms with Gasteiger partial charge in [-0.1, -0.05) is 12.0 Å². The molecular weight excluding hydrogens is 202 g/mol. The molecule has 1 saturated heterocycles. The van der Waals surface area contributed by atoms with Gasteiger partial charge in [-0.2, -0.15) is 0 Å². The Bertz CT molecular complexity index is 279. The monoisotopic (exact) mass is 215 g/mol. The summed E-state index contributed by atoms with van der Waals surface area (Å²) in [5.74, 6) is -0.274. The average molecular weight is 215 g/mol.